The fourth-order valence-corrected chi connectivity index (χ4v) is 2.28. The SMILES string of the molecule is CC(C)NC(=O)c1ccc2cccc(NC(=O)OC(C)(C)C)c2c1. The van der Waals surface area contributed by atoms with Crippen molar-refractivity contribution >= 4 is 28.5 Å². The van der Waals surface area contributed by atoms with E-state index in [0.717, 1.165) is 10.8 Å². The van der Waals surface area contributed by atoms with Gasteiger partial charge in [-0.3, -0.25) is 10.1 Å². The van der Waals surface area contributed by atoms with Crippen LogP contribution in [0.4, 0.5) is 10.5 Å². The summed E-state index contributed by atoms with van der Waals surface area (Å²) in [6.07, 6.45) is -0.521. The zero-order chi connectivity index (χ0) is 17.9. The van der Waals surface area contributed by atoms with Crippen LogP contribution in [0.5, 0.6) is 0 Å². The highest BCUT2D eigenvalue weighted by molar-refractivity contribution is 6.04. The smallest absolute Gasteiger partial charge is 0.412 e. The molecule has 0 saturated carbocycles. The molecule has 5 heteroatoms. The third kappa shape index (κ3) is 4.72. The second-order valence-corrected chi connectivity index (χ2v) is 7.00. The van der Waals surface area contributed by atoms with E-state index in [0.29, 0.717) is 11.3 Å². The summed E-state index contributed by atoms with van der Waals surface area (Å²) in [5.74, 6) is -0.140. The second-order valence-electron chi connectivity index (χ2n) is 7.00. The Bertz CT molecular complexity index is 761. The van der Waals surface area contributed by atoms with Crippen LogP contribution in [-0.2, 0) is 4.74 Å². The maximum Gasteiger partial charge on any atom is 0.412 e. The third-order valence-electron chi connectivity index (χ3n) is 3.20. The second kappa shape index (κ2) is 6.91. The first-order valence-electron chi connectivity index (χ1n) is 7.99. The van der Waals surface area contributed by atoms with Crippen molar-refractivity contribution in [1.82, 2.24) is 5.32 Å². The van der Waals surface area contributed by atoms with Gasteiger partial charge in [-0.25, -0.2) is 4.79 Å². The van der Waals surface area contributed by atoms with Crippen molar-refractivity contribution < 1.29 is 14.3 Å². The van der Waals surface area contributed by atoms with Crippen molar-refractivity contribution in [2.24, 2.45) is 0 Å². The Kier molecular flexibility index (Phi) is 5.12. The maximum absolute atomic E-state index is 12.2. The van der Waals surface area contributed by atoms with Crippen LogP contribution in [-0.4, -0.2) is 23.6 Å². The lowest BCUT2D eigenvalue weighted by molar-refractivity contribution is 0.0636. The summed E-state index contributed by atoms with van der Waals surface area (Å²) in [6.45, 7) is 9.25. The normalized spacial score (nSPS) is 11.4. The number of fused-ring (bicyclic) bond motifs is 1. The van der Waals surface area contributed by atoms with E-state index in [1.165, 1.54) is 0 Å². The molecule has 5 nitrogen and oxygen atoms in total. The van der Waals surface area contributed by atoms with Gasteiger partial charge in [0.1, 0.15) is 5.60 Å². The highest BCUT2D eigenvalue weighted by atomic mass is 16.6. The Morgan fingerprint density at radius 3 is 2.42 bits per heavy atom. The number of anilines is 1. The van der Waals surface area contributed by atoms with Crippen molar-refractivity contribution in [2.45, 2.75) is 46.3 Å². The van der Waals surface area contributed by atoms with Crippen LogP contribution in [0.2, 0.25) is 0 Å². The van der Waals surface area contributed by atoms with E-state index in [-0.39, 0.29) is 11.9 Å². The Balaban J connectivity index is 2.33. The molecule has 0 unspecified atom stereocenters. The lowest BCUT2D eigenvalue weighted by Crippen LogP contribution is -2.30. The summed E-state index contributed by atoms with van der Waals surface area (Å²) in [6, 6.07) is 11.0. The van der Waals surface area contributed by atoms with Gasteiger partial charge >= 0.3 is 6.09 Å². The number of benzene rings is 2. The molecule has 0 aliphatic rings. The molecule has 2 aromatic rings. The van der Waals surface area contributed by atoms with Gasteiger partial charge < -0.3 is 10.1 Å². The summed E-state index contributed by atoms with van der Waals surface area (Å²) in [5.41, 5.74) is 0.590. The minimum Gasteiger partial charge on any atom is -0.444 e. The fourth-order valence-electron chi connectivity index (χ4n) is 2.28. The molecule has 0 aliphatic carbocycles. The Labute approximate surface area is 142 Å². The van der Waals surface area contributed by atoms with Crippen LogP contribution in [0.25, 0.3) is 10.8 Å². The molecule has 0 atom stereocenters. The summed E-state index contributed by atoms with van der Waals surface area (Å²) in [7, 11) is 0. The van der Waals surface area contributed by atoms with E-state index in [1.807, 2.05) is 52.8 Å². The van der Waals surface area contributed by atoms with E-state index in [4.69, 9.17) is 4.74 Å². The van der Waals surface area contributed by atoms with Crippen LogP contribution < -0.4 is 10.6 Å². The van der Waals surface area contributed by atoms with E-state index in [2.05, 4.69) is 10.6 Å². The predicted molar refractivity (Wildman–Crippen MR) is 96.4 cm³/mol. The van der Waals surface area contributed by atoms with Crippen molar-refractivity contribution in [1.29, 1.82) is 0 Å². The number of hydrogen-bond donors (Lipinski definition) is 2. The maximum atomic E-state index is 12.2. The van der Waals surface area contributed by atoms with Crippen molar-refractivity contribution in [3.63, 3.8) is 0 Å². The van der Waals surface area contributed by atoms with Crippen molar-refractivity contribution in [3.05, 3.63) is 42.0 Å². The molecule has 24 heavy (non-hydrogen) atoms. The molecule has 128 valence electrons. The average Bonchev–Trinajstić information content (AvgIpc) is 2.44. The lowest BCUT2D eigenvalue weighted by Gasteiger charge is -2.20. The molecule has 0 radical (unpaired) electrons. The molecule has 0 heterocycles. The van der Waals surface area contributed by atoms with E-state index in [1.54, 1.807) is 18.2 Å². The number of carbonyl (C=O) groups is 2. The van der Waals surface area contributed by atoms with Gasteiger partial charge in [0, 0.05) is 17.0 Å². The van der Waals surface area contributed by atoms with E-state index < -0.39 is 11.7 Å². The zero-order valence-electron chi connectivity index (χ0n) is 14.8. The molecule has 0 aliphatic heterocycles. The van der Waals surface area contributed by atoms with Crippen LogP contribution in [0.3, 0.4) is 0 Å². The van der Waals surface area contributed by atoms with Crippen LogP contribution >= 0.6 is 0 Å². The van der Waals surface area contributed by atoms with Gasteiger partial charge in [-0.15, -0.1) is 0 Å². The highest BCUT2D eigenvalue weighted by Crippen LogP contribution is 2.25. The molecular weight excluding hydrogens is 304 g/mol. The average molecular weight is 328 g/mol. The Morgan fingerprint density at radius 2 is 1.79 bits per heavy atom. The first-order chi connectivity index (χ1) is 11.2. The number of amides is 2. The van der Waals surface area contributed by atoms with Gasteiger partial charge in [-0.1, -0.05) is 18.2 Å². The molecular formula is C19H24N2O3. The minimum absolute atomic E-state index is 0.0586. The zero-order valence-corrected chi connectivity index (χ0v) is 14.8. The number of carbonyl (C=O) groups excluding carboxylic acids is 2. The first-order valence-corrected chi connectivity index (χ1v) is 7.99. The molecule has 2 N–H and O–H groups in total. The lowest BCUT2D eigenvalue weighted by atomic mass is 10.0. The largest absolute Gasteiger partial charge is 0.444 e. The van der Waals surface area contributed by atoms with Crippen molar-refractivity contribution in [2.75, 3.05) is 5.32 Å². The van der Waals surface area contributed by atoms with Gasteiger partial charge in [0.15, 0.2) is 0 Å². The molecule has 0 bridgehead atoms. The Hall–Kier alpha value is -2.56. The fraction of sp³-hybridized carbons (Fsp3) is 0.368. The number of nitrogens with one attached hydrogen (secondary N) is 2. The van der Waals surface area contributed by atoms with Gasteiger partial charge in [0.05, 0.1) is 5.69 Å². The molecule has 0 spiro atoms. The highest BCUT2D eigenvalue weighted by Gasteiger charge is 2.17. The summed E-state index contributed by atoms with van der Waals surface area (Å²) in [5, 5.41) is 7.35. The third-order valence-corrected chi connectivity index (χ3v) is 3.20. The quantitative estimate of drug-likeness (QED) is 0.881. The predicted octanol–water partition coefficient (Wildman–Crippen LogP) is 4.33. The molecule has 2 amide bonds. The van der Waals surface area contributed by atoms with Crippen LogP contribution in [0, 0.1) is 0 Å². The standard InChI is InChI=1S/C19H24N2O3/c1-12(2)20-17(22)14-10-9-13-7-6-8-16(15(13)11-14)21-18(23)24-19(3,4)5/h6-12H,1-5H3,(H,20,22)(H,21,23). The molecule has 0 aromatic heterocycles. The molecule has 0 fully saturated rings. The van der Waals surface area contributed by atoms with Gasteiger partial charge in [0.2, 0.25) is 0 Å². The molecule has 2 aromatic carbocycles. The topological polar surface area (TPSA) is 67.4 Å². The van der Waals surface area contributed by atoms with E-state index in [9.17, 15) is 9.59 Å². The van der Waals surface area contributed by atoms with Crippen LogP contribution in [0.15, 0.2) is 36.4 Å². The Morgan fingerprint density at radius 1 is 1.08 bits per heavy atom. The molecule has 2 rings (SSSR count). The van der Waals surface area contributed by atoms with Gasteiger partial charge in [-0.2, -0.15) is 0 Å². The number of rotatable bonds is 3. The first kappa shape index (κ1) is 17.8. The van der Waals surface area contributed by atoms with Crippen LogP contribution in [0.1, 0.15) is 45.0 Å². The molecule has 0 saturated heterocycles. The summed E-state index contributed by atoms with van der Waals surface area (Å²) >= 11 is 0. The van der Waals surface area contributed by atoms with Crippen molar-refractivity contribution in [3.8, 4) is 0 Å². The van der Waals surface area contributed by atoms with Gasteiger partial charge in [0.25, 0.3) is 5.91 Å². The number of hydrogen-bond acceptors (Lipinski definition) is 3. The monoisotopic (exact) mass is 328 g/mol. The number of ether oxygens (including phenoxy) is 1. The summed E-state index contributed by atoms with van der Waals surface area (Å²) in [4.78, 5) is 24.2. The van der Waals surface area contributed by atoms with E-state index >= 15 is 0 Å². The van der Waals surface area contributed by atoms with Gasteiger partial charge in [-0.05, 0) is 58.2 Å². The summed E-state index contributed by atoms with van der Waals surface area (Å²) < 4.78 is 5.29. The minimum atomic E-state index is -0.572.